The van der Waals surface area contributed by atoms with Crippen LogP contribution in [-0.2, 0) is 16.6 Å². The van der Waals surface area contributed by atoms with E-state index in [1.807, 2.05) is 6.92 Å². The quantitative estimate of drug-likeness (QED) is 0.578. The maximum atomic E-state index is 13.7. The second-order valence-corrected chi connectivity index (χ2v) is 11.4. The number of carboxylic acid groups (broad SMARTS) is 1. The first-order chi connectivity index (χ1) is 15.7. The van der Waals surface area contributed by atoms with Crippen LogP contribution in [0.4, 0.5) is 0 Å². The average molecular weight is 468 g/mol. The highest BCUT2D eigenvalue weighted by Crippen LogP contribution is 2.45. The zero-order valence-corrected chi connectivity index (χ0v) is 19.8. The van der Waals surface area contributed by atoms with Crippen LogP contribution in [0.2, 0.25) is 0 Å². The highest BCUT2D eigenvalue weighted by molar-refractivity contribution is 7.90. The monoisotopic (exact) mass is 467 g/mol. The molecular formula is C25H29N3O4S. The number of nitrogens with zero attached hydrogens (tertiary/aromatic N) is 3. The topological polar surface area (TPSA) is 92.5 Å². The first-order valence-corrected chi connectivity index (χ1v) is 13.0. The number of pyridine rings is 1. The molecule has 1 aliphatic heterocycles. The predicted octanol–water partition coefficient (Wildman–Crippen LogP) is 4.39. The van der Waals surface area contributed by atoms with Crippen LogP contribution in [0.5, 0.6) is 0 Å². The fraction of sp³-hybridized carbons (Fsp3) is 0.440. The summed E-state index contributed by atoms with van der Waals surface area (Å²) in [6, 6.07) is 8.38. The average Bonchev–Trinajstić information content (AvgIpc) is 3.53. The minimum absolute atomic E-state index is 0.0325. The number of hydrogen-bond donors (Lipinski definition) is 1. The van der Waals surface area contributed by atoms with Crippen LogP contribution in [0, 0.1) is 12.8 Å². The van der Waals surface area contributed by atoms with E-state index in [1.54, 1.807) is 36.5 Å². The van der Waals surface area contributed by atoms with Gasteiger partial charge in [-0.3, -0.25) is 4.90 Å². The van der Waals surface area contributed by atoms with E-state index in [1.165, 1.54) is 10.4 Å². The zero-order valence-electron chi connectivity index (χ0n) is 19.0. The molecule has 2 aliphatic rings. The molecule has 3 heterocycles. The summed E-state index contributed by atoms with van der Waals surface area (Å²) in [6.45, 7) is 6.46. The van der Waals surface area contributed by atoms with Gasteiger partial charge < -0.3 is 5.11 Å². The van der Waals surface area contributed by atoms with Crippen LogP contribution >= 0.6 is 0 Å². The maximum absolute atomic E-state index is 13.7. The van der Waals surface area contributed by atoms with E-state index in [-0.39, 0.29) is 16.5 Å². The Kier molecular flexibility index (Phi) is 5.53. The molecule has 1 N–H and O–H groups in total. The highest BCUT2D eigenvalue weighted by Gasteiger charge is 2.33. The number of benzene rings is 1. The van der Waals surface area contributed by atoms with Crippen LogP contribution in [0.25, 0.3) is 11.0 Å². The van der Waals surface area contributed by atoms with Gasteiger partial charge in [0, 0.05) is 24.8 Å². The standard InChI is InChI=1S/C25H29N3O4S/c1-16-5-9-20(10-6-16)33(31,32)28-15-21(18-7-8-18)23-24(28)19(12-22(26-23)25(29)30)14-27-11-3-4-17(2)13-27/h5-6,9-10,12,15,17-18H,3-4,7-8,11,13-14H2,1-2H3,(H,29,30)/t17-/m0/s1. The molecule has 5 rings (SSSR count). The van der Waals surface area contributed by atoms with Crippen molar-refractivity contribution in [2.45, 2.75) is 56.9 Å². The van der Waals surface area contributed by atoms with Gasteiger partial charge in [0.05, 0.1) is 15.9 Å². The molecule has 1 saturated heterocycles. The number of aryl methyl sites for hydroxylation is 1. The third-order valence-corrected chi connectivity index (χ3v) is 8.44. The van der Waals surface area contributed by atoms with E-state index in [0.29, 0.717) is 29.1 Å². The number of likely N-dealkylation sites (tertiary alicyclic amines) is 1. The SMILES string of the molecule is Cc1ccc(S(=O)(=O)n2cc(C3CC3)c3nc(C(=O)O)cc(CN4CCC[C@H](C)C4)c32)cc1. The molecule has 7 nitrogen and oxygen atoms in total. The van der Waals surface area contributed by atoms with E-state index in [4.69, 9.17) is 0 Å². The number of carboxylic acids is 1. The minimum Gasteiger partial charge on any atom is -0.477 e. The summed E-state index contributed by atoms with van der Waals surface area (Å²) in [7, 11) is -3.86. The summed E-state index contributed by atoms with van der Waals surface area (Å²) >= 11 is 0. The molecule has 1 atom stereocenters. The molecule has 174 valence electrons. The summed E-state index contributed by atoms with van der Waals surface area (Å²) in [4.78, 5) is 18.8. The molecule has 0 bridgehead atoms. The number of aromatic carboxylic acids is 1. The molecule has 0 spiro atoms. The van der Waals surface area contributed by atoms with Gasteiger partial charge in [0.1, 0.15) is 5.69 Å². The lowest BCUT2D eigenvalue weighted by molar-refractivity contribution is 0.0690. The van der Waals surface area contributed by atoms with E-state index in [0.717, 1.165) is 43.5 Å². The van der Waals surface area contributed by atoms with Crippen LogP contribution in [-0.4, -0.2) is 46.4 Å². The molecule has 0 amide bonds. The van der Waals surface area contributed by atoms with Gasteiger partial charge in [-0.15, -0.1) is 0 Å². The molecular weight excluding hydrogens is 438 g/mol. The zero-order chi connectivity index (χ0) is 23.3. The van der Waals surface area contributed by atoms with Crippen molar-refractivity contribution >= 4 is 27.0 Å². The number of rotatable bonds is 6. The number of fused-ring (bicyclic) bond motifs is 1. The number of hydrogen-bond acceptors (Lipinski definition) is 5. The molecule has 2 aromatic heterocycles. The summed E-state index contributed by atoms with van der Waals surface area (Å²) in [5, 5.41) is 9.73. The number of carbonyl (C=O) groups is 1. The molecule has 1 aliphatic carbocycles. The minimum atomic E-state index is -3.86. The van der Waals surface area contributed by atoms with E-state index in [2.05, 4.69) is 16.8 Å². The Balaban J connectivity index is 1.72. The number of aromatic nitrogens is 2. The van der Waals surface area contributed by atoms with Crippen molar-refractivity contribution in [2.24, 2.45) is 5.92 Å². The van der Waals surface area contributed by atoms with Gasteiger partial charge in [0.25, 0.3) is 10.0 Å². The first-order valence-electron chi connectivity index (χ1n) is 11.6. The van der Waals surface area contributed by atoms with Gasteiger partial charge in [0.15, 0.2) is 0 Å². The normalized spacial score (nSPS) is 19.8. The largest absolute Gasteiger partial charge is 0.477 e. The Hall–Kier alpha value is -2.71. The second kappa shape index (κ2) is 8.25. The van der Waals surface area contributed by atoms with Crippen molar-refractivity contribution in [1.82, 2.24) is 13.9 Å². The van der Waals surface area contributed by atoms with Crippen molar-refractivity contribution < 1.29 is 18.3 Å². The van der Waals surface area contributed by atoms with Gasteiger partial charge >= 0.3 is 5.97 Å². The molecule has 0 unspecified atom stereocenters. The van der Waals surface area contributed by atoms with Crippen LogP contribution in [0.3, 0.4) is 0 Å². The van der Waals surface area contributed by atoms with Crippen LogP contribution in [0.1, 0.15) is 65.7 Å². The van der Waals surface area contributed by atoms with Gasteiger partial charge in [-0.05, 0) is 74.8 Å². The lowest BCUT2D eigenvalue weighted by atomic mass is 9.99. The molecule has 8 heteroatoms. The Morgan fingerprint density at radius 2 is 1.91 bits per heavy atom. The van der Waals surface area contributed by atoms with E-state index >= 15 is 0 Å². The fourth-order valence-electron chi connectivity index (χ4n) is 4.90. The predicted molar refractivity (Wildman–Crippen MR) is 126 cm³/mol. The molecule has 2 fully saturated rings. The van der Waals surface area contributed by atoms with Crippen LogP contribution < -0.4 is 0 Å². The van der Waals surface area contributed by atoms with Crippen molar-refractivity contribution in [3.63, 3.8) is 0 Å². The van der Waals surface area contributed by atoms with Crippen molar-refractivity contribution in [3.8, 4) is 0 Å². The van der Waals surface area contributed by atoms with E-state index < -0.39 is 16.0 Å². The summed E-state index contributed by atoms with van der Waals surface area (Å²) in [5.74, 6) is -0.317. The lowest BCUT2D eigenvalue weighted by Crippen LogP contribution is -2.34. The third-order valence-electron chi connectivity index (χ3n) is 6.77. The number of piperidine rings is 1. The van der Waals surface area contributed by atoms with Crippen molar-refractivity contribution in [3.05, 3.63) is 58.9 Å². The van der Waals surface area contributed by atoms with Crippen LogP contribution in [0.15, 0.2) is 41.4 Å². The van der Waals surface area contributed by atoms with E-state index in [9.17, 15) is 18.3 Å². The Bertz CT molecular complexity index is 1320. The summed E-state index contributed by atoms with van der Waals surface area (Å²) in [5.41, 5.74) is 3.51. The highest BCUT2D eigenvalue weighted by atomic mass is 32.2. The fourth-order valence-corrected chi connectivity index (χ4v) is 6.30. The molecule has 1 saturated carbocycles. The smallest absolute Gasteiger partial charge is 0.354 e. The third kappa shape index (κ3) is 4.17. The van der Waals surface area contributed by atoms with Crippen molar-refractivity contribution in [1.29, 1.82) is 0 Å². The molecule has 1 aromatic carbocycles. The van der Waals surface area contributed by atoms with Crippen molar-refractivity contribution in [2.75, 3.05) is 13.1 Å². The lowest BCUT2D eigenvalue weighted by Gasteiger charge is -2.31. The summed E-state index contributed by atoms with van der Waals surface area (Å²) in [6.07, 6.45) is 5.85. The van der Waals surface area contributed by atoms with Gasteiger partial charge in [0.2, 0.25) is 0 Å². The molecule has 33 heavy (non-hydrogen) atoms. The molecule has 0 radical (unpaired) electrons. The Labute approximate surface area is 194 Å². The molecule has 3 aromatic rings. The summed E-state index contributed by atoms with van der Waals surface area (Å²) < 4.78 is 28.8. The Morgan fingerprint density at radius 1 is 1.18 bits per heavy atom. The van der Waals surface area contributed by atoms with Gasteiger partial charge in [-0.25, -0.2) is 22.2 Å². The Morgan fingerprint density at radius 3 is 2.55 bits per heavy atom. The maximum Gasteiger partial charge on any atom is 0.354 e. The van der Waals surface area contributed by atoms with Gasteiger partial charge in [-0.1, -0.05) is 24.6 Å². The second-order valence-electron chi connectivity index (χ2n) is 9.62. The van der Waals surface area contributed by atoms with Gasteiger partial charge in [-0.2, -0.15) is 0 Å². The first kappa shape index (κ1) is 22.1.